The van der Waals surface area contributed by atoms with Crippen LogP contribution in [0.25, 0.3) is 0 Å². The first-order chi connectivity index (χ1) is 5.83. The van der Waals surface area contributed by atoms with E-state index in [9.17, 15) is 4.79 Å². The third kappa shape index (κ3) is 3.05. The maximum absolute atomic E-state index is 10.7. The molecule has 0 aliphatic heterocycles. The summed E-state index contributed by atoms with van der Waals surface area (Å²) in [5.41, 5.74) is 1.31. The van der Waals surface area contributed by atoms with E-state index < -0.39 is 0 Å². The highest BCUT2D eigenvalue weighted by atomic mass is 32.1. The van der Waals surface area contributed by atoms with Crippen LogP contribution in [0.5, 0.6) is 0 Å². The van der Waals surface area contributed by atoms with Gasteiger partial charge in [0.2, 0.25) is 0 Å². The zero-order valence-corrected chi connectivity index (χ0v) is 7.89. The van der Waals surface area contributed by atoms with E-state index in [1.54, 1.807) is 11.3 Å². The third-order valence-electron chi connectivity index (χ3n) is 1.65. The molecular formula is C9H12O2S. The second kappa shape index (κ2) is 4.93. The van der Waals surface area contributed by atoms with Crippen LogP contribution >= 0.6 is 11.3 Å². The van der Waals surface area contributed by atoms with E-state index in [1.807, 2.05) is 5.38 Å². The molecule has 0 fully saturated rings. The normalized spacial score (nSPS) is 9.75. The van der Waals surface area contributed by atoms with Crippen LogP contribution in [0.4, 0.5) is 0 Å². The summed E-state index contributed by atoms with van der Waals surface area (Å²) in [5, 5.41) is 4.16. The summed E-state index contributed by atoms with van der Waals surface area (Å²) < 4.78 is 4.53. The molecule has 0 unspecified atom stereocenters. The zero-order valence-electron chi connectivity index (χ0n) is 7.08. The van der Waals surface area contributed by atoms with Crippen molar-refractivity contribution >= 4 is 17.3 Å². The Balaban J connectivity index is 2.15. The van der Waals surface area contributed by atoms with Gasteiger partial charge in [0.1, 0.15) is 0 Å². The summed E-state index contributed by atoms with van der Waals surface area (Å²) in [6.07, 6.45) is 2.37. The van der Waals surface area contributed by atoms with Gasteiger partial charge in [0.05, 0.1) is 7.11 Å². The van der Waals surface area contributed by atoms with Gasteiger partial charge in [0.15, 0.2) is 0 Å². The molecule has 0 aliphatic rings. The van der Waals surface area contributed by atoms with Gasteiger partial charge in [-0.1, -0.05) is 0 Å². The molecule has 2 nitrogen and oxygen atoms in total. The lowest BCUT2D eigenvalue weighted by Crippen LogP contribution is -2.00. The van der Waals surface area contributed by atoms with Crippen molar-refractivity contribution in [2.45, 2.75) is 19.3 Å². The molecule has 0 aliphatic carbocycles. The highest BCUT2D eigenvalue weighted by Gasteiger charge is 1.99. The minimum atomic E-state index is -0.120. The summed E-state index contributed by atoms with van der Waals surface area (Å²) in [5.74, 6) is -0.120. The molecule has 0 radical (unpaired) electrons. The number of ether oxygens (including phenoxy) is 1. The summed E-state index contributed by atoms with van der Waals surface area (Å²) in [7, 11) is 1.42. The first-order valence-electron chi connectivity index (χ1n) is 3.91. The Morgan fingerprint density at radius 1 is 1.67 bits per heavy atom. The second-order valence-corrected chi connectivity index (χ2v) is 3.34. The Labute approximate surface area is 76.2 Å². The van der Waals surface area contributed by atoms with Gasteiger partial charge in [-0.15, -0.1) is 0 Å². The van der Waals surface area contributed by atoms with Gasteiger partial charge < -0.3 is 4.74 Å². The Morgan fingerprint density at radius 2 is 2.50 bits per heavy atom. The van der Waals surface area contributed by atoms with Crippen LogP contribution in [0.15, 0.2) is 16.8 Å². The molecule has 0 N–H and O–H groups in total. The molecule has 66 valence electrons. The van der Waals surface area contributed by atoms with Gasteiger partial charge in [-0.2, -0.15) is 11.3 Å². The largest absolute Gasteiger partial charge is 0.469 e. The van der Waals surface area contributed by atoms with Crippen LogP contribution in [0.1, 0.15) is 18.4 Å². The number of carbonyl (C=O) groups is 1. The molecule has 0 atom stereocenters. The van der Waals surface area contributed by atoms with E-state index >= 15 is 0 Å². The van der Waals surface area contributed by atoms with E-state index in [2.05, 4.69) is 16.2 Å². The predicted octanol–water partition coefficient (Wildman–Crippen LogP) is 2.24. The Kier molecular flexibility index (Phi) is 3.80. The zero-order chi connectivity index (χ0) is 8.81. The van der Waals surface area contributed by atoms with Gasteiger partial charge in [-0.25, -0.2) is 0 Å². The van der Waals surface area contributed by atoms with Crippen LogP contribution in [0.3, 0.4) is 0 Å². The van der Waals surface area contributed by atoms with Gasteiger partial charge in [0, 0.05) is 6.42 Å². The fourth-order valence-electron chi connectivity index (χ4n) is 0.974. The molecule has 1 heterocycles. The summed E-state index contributed by atoms with van der Waals surface area (Å²) >= 11 is 1.69. The standard InChI is InChI=1S/C9H12O2S/c1-11-9(10)4-2-3-8-5-6-12-7-8/h5-7H,2-4H2,1H3. The van der Waals surface area contributed by atoms with Crippen LogP contribution in [0.2, 0.25) is 0 Å². The van der Waals surface area contributed by atoms with E-state index in [-0.39, 0.29) is 5.97 Å². The van der Waals surface area contributed by atoms with Crippen molar-refractivity contribution in [3.8, 4) is 0 Å². The number of thiophene rings is 1. The highest BCUT2D eigenvalue weighted by Crippen LogP contribution is 2.09. The van der Waals surface area contributed by atoms with Crippen molar-refractivity contribution in [3.63, 3.8) is 0 Å². The molecular weight excluding hydrogens is 172 g/mol. The van der Waals surface area contributed by atoms with Crippen molar-refractivity contribution in [2.75, 3.05) is 7.11 Å². The molecule has 0 saturated heterocycles. The fraction of sp³-hybridized carbons (Fsp3) is 0.444. The molecule has 0 saturated carbocycles. The number of carbonyl (C=O) groups excluding carboxylic acids is 1. The third-order valence-corrected chi connectivity index (χ3v) is 2.39. The lowest BCUT2D eigenvalue weighted by atomic mass is 10.1. The van der Waals surface area contributed by atoms with Crippen molar-refractivity contribution in [1.29, 1.82) is 0 Å². The van der Waals surface area contributed by atoms with Crippen LogP contribution in [-0.4, -0.2) is 13.1 Å². The first kappa shape index (κ1) is 9.26. The van der Waals surface area contributed by atoms with Gasteiger partial charge in [0.25, 0.3) is 0 Å². The van der Waals surface area contributed by atoms with Crippen molar-refractivity contribution in [1.82, 2.24) is 0 Å². The van der Waals surface area contributed by atoms with Crippen molar-refractivity contribution in [2.24, 2.45) is 0 Å². The van der Waals surface area contributed by atoms with Crippen LogP contribution in [0, 0.1) is 0 Å². The molecule has 12 heavy (non-hydrogen) atoms. The lowest BCUT2D eigenvalue weighted by Gasteiger charge is -1.97. The smallest absolute Gasteiger partial charge is 0.305 e. The first-order valence-corrected chi connectivity index (χ1v) is 4.85. The average molecular weight is 184 g/mol. The Morgan fingerprint density at radius 3 is 3.08 bits per heavy atom. The monoisotopic (exact) mass is 184 g/mol. The topological polar surface area (TPSA) is 26.3 Å². The molecule has 0 aromatic carbocycles. The van der Waals surface area contributed by atoms with Gasteiger partial charge in [-0.3, -0.25) is 4.79 Å². The molecule has 1 rings (SSSR count). The molecule has 0 bridgehead atoms. The molecule has 1 aromatic rings. The van der Waals surface area contributed by atoms with E-state index in [0.29, 0.717) is 6.42 Å². The molecule has 3 heteroatoms. The number of aryl methyl sites for hydroxylation is 1. The molecule has 1 aromatic heterocycles. The summed E-state index contributed by atoms with van der Waals surface area (Å²) in [4.78, 5) is 10.7. The SMILES string of the molecule is COC(=O)CCCc1ccsc1. The number of hydrogen-bond donors (Lipinski definition) is 0. The van der Waals surface area contributed by atoms with Crippen LogP contribution < -0.4 is 0 Å². The van der Waals surface area contributed by atoms with Crippen molar-refractivity contribution < 1.29 is 9.53 Å². The van der Waals surface area contributed by atoms with E-state index in [1.165, 1.54) is 12.7 Å². The fourth-order valence-corrected chi connectivity index (χ4v) is 1.68. The minimum absolute atomic E-state index is 0.120. The molecule has 0 spiro atoms. The highest BCUT2D eigenvalue weighted by molar-refractivity contribution is 7.07. The van der Waals surface area contributed by atoms with Crippen LogP contribution in [-0.2, 0) is 16.0 Å². The predicted molar refractivity (Wildman–Crippen MR) is 49.3 cm³/mol. The summed E-state index contributed by atoms with van der Waals surface area (Å²) in [6, 6.07) is 2.09. The minimum Gasteiger partial charge on any atom is -0.469 e. The number of rotatable bonds is 4. The van der Waals surface area contributed by atoms with E-state index in [0.717, 1.165) is 12.8 Å². The maximum Gasteiger partial charge on any atom is 0.305 e. The Bertz CT molecular complexity index is 229. The lowest BCUT2D eigenvalue weighted by molar-refractivity contribution is -0.140. The average Bonchev–Trinajstić information content (AvgIpc) is 2.57. The Hall–Kier alpha value is -0.830. The van der Waals surface area contributed by atoms with E-state index in [4.69, 9.17) is 0 Å². The number of esters is 1. The number of methoxy groups -OCH3 is 1. The van der Waals surface area contributed by atoms with Gasteiger partial charge >= 0.3 is 5.97 Å². The second-order valence-electron chi connectivity index (χ2n) is 2.56. The van der Waals surface area contributed by atoms with Crippen molar-refractivity contribution in [3.05, 3.63) is 22.4 Å². The molecule has 0 amide bonds. The number of hydrogen-bond acceptors (Lipinski definition) is 3. The van der Waals surface area contributed by atoms with Gasteiger partial charge in [-0.05, 0) is 35.2 Å². The quantitative estimate of drug-likeness (QED) is 0.671. The maximum atomic E-state index is 10.7. The summed E-state index contributed by atoms with van der Waals surface area (Å²) in [6.45, 7) is 0.